The summed E-state index contributed by atoms with van der Waals surface area (Å²) in [7, 11) is 0. The molecular weight excluding hydrogens is 308 g/mol. The Morgan fingerprint density at radius 1 is 1.08 bits per heavy atom. The van der Waals surface area contributed by atoms with Crippen molar-refractivity contribution in [3.05, 3.63) is 29.8 Å². The number of imide groups is 1. The molecule has 0 radical (unpaired) electrons. The molecule has 6 unspecified atom stereocenters. The van der Waals surface area contributed by atoms with Crippen LogP contribution in [-0.2, 0) is 14.4 Å². The zero-order chi connectivity index (χ0) is 16.7. The van der Waals surface area contributed by atoms with E-state index in [1.807, 2.05) is 0 Å². The van der Waals surface area contributed by atoms with Crippen molar-refractivity contribution in [2.24, 2.45) is 23.7 Å². The topological polar surface area (TPSA) is 77.7 Å². The Morgan fingerprint density at radius 3 is 2.12 bits per heavy atom. The Bertz CT molecular complexity index is 740. The van der Waals surface area contributed by atoms with Gasteiger partial charge in [-0.1, -0.05) is 17.7 Å². The molecule has 2 heterocycles. The number of carboxylic acid groups (broad SMARTS) is 1. The van der Waals surface area contributed by atoms with Gasteiger partial charge >= 0.3 is 5.97 Å². The summed E-state index contributed by atoms with van der Waals surface area (Å²) in [5.74, 6) is -1.92. The predicted molar refractivity (Wildman–Crippen MR) is 84.2 cm³/mol. The SMILES string of the molecule is Cc1ccc(N2C3C4CC(C5C(=O)N(CC(=O)O)C(=O)C45)C32)cc1. The van der Waals surface area contributed by atoms with Crippen molar-refractivity contribution >= 4 is 23.5 Å². The van der Waals surface area contributed by atoms with Crippen molar-refractivity contribution in [2.75, 3.05) is 11.4 Å². The molecule has 1 aromatic rings. The van der Waals surface area contributed by atoms with E-state index < -0.39 is 12.5 Å². The lowest BCUT2D eigenvalue weighted by atomic mass is 9.81. The number of fused-ring (bicyclic) bond motifs is 8. The molecular formula is C18H18N2O4. The smallest absolute Gasteiger partial charge is 0.323 e. The number of carbonyl (C=O) groups is 3. The van der Waals surface area contributed by atoms with Gasteiger partial charge in [0.15, 0.2) is 0 Å². The summed E-state index contributed by atoms with van der Waals surface area (Å²) in [5, 5.41) is 8.94. The Morgan fingerprint density at radius 2 is 1.62 bits per heavy atom. The summed E-state index contributed by atoms with van der Waals surface area (Å²) in [5.41, 5.74) is 2.37. The molecule has 2 aliphatic carbocycles. The number of aryl methyl sites for hydroxylation is 1. The first-order valence-corrected chi connectivity index (χ1v) is 8.41. The summed E-state index contributed by atoms with van der Waals surface area (Å²) in [4.78, 5) is 39.4. The van der Waals surface area contributed by atoms with Gasteiger partial charge in [0, 0.05) is 5.69 Å². The van der Waals surface area contributed by atoms with Crippen LogP contribution in [0.1, 0.15) is 12.0 Å². The zero-order valence-corrected chi connectivity index (χ0v) is 13.3. The Kier molecular flexibility index (Phi) is 2.55. The fraction of sp³-hybridized carbons (Fsp3) is 0.500. The van der Waals surface area contributed by atoms with E-state index in [0.717, 1.165) is 17.0 Å². The fourth-order valence-electron chi connectivity index (χ4n) is 5.53. The minimum Gasteiger partial charge on any atom is -0.480 e. The van der Waals surface area contributed by atoms with Gasteiger partial charge in [0.1, 0.15) is 6.54 Å². The third kappa shape index (κ3) is 1.58. The van der Waals surface area contributed by atoms with E-state index in [9.17, 15) is 14.4 Å². The molecule has 4 aliphatic rings. The standard InChI is InChI=1S/C18H18N2O4/c1-8-2-4-9(5-3-8)20-15-10-6-11(16(15)20)14-13(10)17(23)19(18(14)24)7-12(21)22/h2-5,10-11,13-16H,6-7H2,1H3,(H,21,22). The van der Waals surface area contributed by atoms with Crippen LogP contribution in [0.2, 0.25) is 0 Å². The number of amides is 2. The first kappa shape index (κ1) is 14.0. The number of aliphatic carboxylic acids is 1. The number of benzene rings is 1. The summed E-state index contributed by atoms with van der Waals surface area (Å²) in [6.45, 7) is 1.55. The van der Waals surface area contributed by atoms with Crippen molar-refractivity contribution in [3.8, 4) is 0 Å². The second-order valence-corrected chi connectivity index (χ2v) is 7.50. The van der Waals surface area contributed by atoms with Crippen LogP contribution in [0.5, 0.6) is 0 Å². The van der Waals surface area contributed by atoms with E-state index in [2.05, 4.69) is 36.1 Å². The van der Waals surface area contributed by atoms with Crippen LogP contribution in [0.25, 0.3) is 0 Å². The van der Waals surface area contributed by atoms with Crippen LogP contribution < -0.4 is 4.90 Å². The maximum atomic E-state index is 12.6. The number of likely N-dealkylation sites (tertiary alicyclic amines) is 1. The van der Waals surface area contributed by atoms with Crippen LogP contribution in [0.4, 0.5) is 5.69 Å². The van der Waals surface area contributed by atoms with Crippen molar-refractivity contribution in [1.82, 2.24) is 4.90 Å². The van der Waals surface area contributed by atoms with E-state index in [0.29, 0.717) is 12.1 Å². The maximum absolute atomic E-state index is 12.6. The number of anilines is 1. The molecule has 1 N–H and O–H groups in total. The van der Waals surface area contributed by atoms with Gasteiger partial charge in [-0.25, -0.2) is 0 Å². The minimum absolute atomic E-state index is 0.182. The first-order valence-electron chi connectivity index (χ1n) is 8.41. The van der Waals surface area contributed by atoms with Crippen LogP contribution in [0.3, 0.4) is 0 Å². The molecule has 24 heavy (non-hydrogen) atoms. The van der Waals surface area contributed by atoms with Gasteiger partial charge in [-0.05, 0) is 37.3 Å². The molecule has 4 fully saturated rings. The van der Waals surface area contributed by atoms with E-state index in [4.69, 9.17) is 5.11 Å². The van der Waals surface area contributed by atoms with Gasteiger partial charge in [0.25, 0.3) is 0 Å². The average molecular weight is 326 g/mol. The number of carboxylic acids is 1. The van der Waals surface area contributed by atoms with Crippen LogP contribution >= 0.6 is 0 Å². The van der Waals surface area contributed by atoms with Crippen molar-refractivity contribution in [1.29, 1.82) is 0 Å². The molecule has 0 spiro atoms. The lowest BCUT2D eigenvalue weighted by Crippen LogP contribution is -2.38. The van der Waals surface area contributed by atoms with E-state index in [1.165, 1.54) is 5.56 Å². The molecule has 124 valence electrons. The predicted octanol–water partition coefficient (Wildman–Crippen LogP) is 0.888. The number of piperidine rings is 1. The second kappa shape index (κ2) is 4.37. The van der Waals surface area contributed by atoms with Crippen LogP contribution in [0.15, 0.2) is 24.3 Å². The lowest BCUT2D eigenvalue weighted by Gasteiger charge is -2.19. The molecule has 2 bridgehead atoms. The first-order chi connectivity index (χ1) is 11.5. The highest BCUT2D eigenvalue weighted by Gasteiger charge is 2.75. The molecule has 2 amide bonds. The fourth-order valence-corrected chi connectivity index (χ4v) is 5.53. The normalized spacial score (nSPS) is 38.5. The van der Waals surface area contributed by atoms with E-state index in [-0.39, 0.29) is 35.5 Å². The van der Waals surface area contributed by atoms with Crippen molar-refractivity contribution < 1.29 is 19.5 Å². The summed E-state index contributed by atoms with van der Waals surface area (Å²) >= 11 is 0. The molecule has 5 rings (SSSR count). The van der Waals surface area contributed by atoms with Gasteiger partial charge in [-0.3, -0.25) is 19.3 Å². The number of nitrogens with zero attached hydrogens (tertiary/aromatic N) is 2. The summed E-state index contributed by atoms with van der Waals surface area (Å²) in [6.07, 6.45) is 0.922. The molecule has 6 heteroatoms. The highest BCUT2D eigenvalue weighted by molar-refractivity contribution is 6.08. The maximum Gasteiger partial charge on any atom is 0.323 e. The minimum atomic E-state index is -1.13. The number of hydrogen-bond acceptors (Lipinski definition) is 4. The van der Waals surface area contributed by atoms with Gasteiger partial charge in [-0.15, -0.1) is 0 Å². The van der Waals surface area contributed by atoms with Gasteiger partial charge in [0.05, 0.1) is 23.9 Å². The highest BCUT2D eigenvalue weighted by Crippen LogP contribution is 2.66. The highest BCUT2D eigenvalue weighted by atomic mass is 16.4. The van der Waals surface area contributed by atoms with Crippen LogP contribution in [0, 0.1) is 30.6 Å². The number of rotatable bonds is 3. The lowest BCUT2D eigenvalue weighted by molar-refractivity contribution is -0.150. The average Bonchev–Trinajstić information content (AvgIpc) is 2.90. The molecule has 6 nitrogen and oxygen atoms in total. The molecule has 2 aliphatic heterocycles. The zero-order valence-electron chi connectivity index (χ0n) is 13.3. The Hall–Kier alpha value is -2.37. The van der Waals surface area contributed by atoms with E-state index >= 15 is 0 Å². The number of hydrogen-bond donors (Lipinski definition) is 1. The van der Waals surface area contributed by atoms with Gasteiger partial charge in [0.2, 0.25) is 11.8 Å². The monoisotopic (exact) mass is 326 g/mol. The largest absolute Gasteiger partial charge is 0.480 e. The van der Waals surface area contributed by atoms with Crippen molar-refractivity contribution in [3.63, 3.8) is 0 Å². The summed E-state index contributed by atoms with van der Waals surface area (Å²) < 4.78 is 0. The number of carbonyl (C=O) groups excluding carboxylic acids is 2. The van der Waals surface area contributed by atoms with E-state index in [1.54, 1.807) is 0 Å². The quantitative estimate of drug-likeness (QED) is 0.659. The van der Waals surface area contributed by atoms with Crippen molar-refractivity contribution in [2.45, 2.75) is 25.4 Å². The Labute approximate surface area is 139 Å². The molecule has 2 saturated heterocycles. The third-order valence-electron chi connectivity index (χ3n) is 6.36. The third-order valence-corrected chi connectivity index (χ3v) is 6.36. The van der Waals surface area contributed by atoms with Gasteiger partial charge < -0.3 is 10.0 Å². The molecule has 2 saturated carbocycles. The molecule has 6 atom stereocenters. The Balaban J connectivity index is 1.43. The molecule has 1 aromatic carbocycles. The summed E-state index contributed by atoms with van der Waals surface area (Å²) in [6, 6.07) is 9.03. The van der Waals surface area contributed by atoms with Crippen LogP contribution in [-0.4, -0.2) is 46.4 Å². The molecule has 0 aromatic heterocycles. The second-order valence-electron chi connectivity index (χ2n) is 7.50. The van der Waals surface area contributed by atoms with Gasteiger partial charge in [-0.2, -0.15) is 0 Å².